The van der Waals surface area contributed by atoms with Gasteiger partial charge in [-0.1, -0.05) is 64.4 Å². The smallest absolute Gasteiger partial charge is 0.168 e. The van der Waals surface area contributed by atoms with E-state index in [0.29, 0.717) is 0 Å². The lowest BCUT2D eigenvalue weighted by atomic mass is 10.1. The zero-order valence-corrected chi connectivity index (χ0v) is 17.6. The Labute approximate surface area is 167 Å². The van der Waals surface area contributed by atoms with E-state index in [1.54, 1.807) is 12.4 Å². The van der Waals surface area contributed by atoms with E-state index in [1.807, 2.05) is 19.1 Å². The van der Waals surface area contributed by atoms with Gasteiger partial charge in [-0.3, -0.25) is 4.98 Å². The standard InChI is InChI=1S/C17H30N.C6H7N.ClH/c1-2-3-4-5-6-7-8-9-10-12-15-18-16-13-11-14-17-18;1-6-2-4-7-5-3-6;/h11,13-14,16-17H,2-10,12,15H2,1H3;2-5H,1H3;1H/q+1;;. The number of unbranched alkanes of at least 4 members (excludes halogenated alkanes) is 9. The highest BCUT2D eigenvalue weighted by Crippen LogP contribution is 2.10. The number of aryl methyl sites for hydroxylation is 2. The normalized spacial score (nSPS) is 9.77. The molecule has 0 aromatic carbocycles. The Bertz CT molecular complexity index is 502. The summed E-state index contributed by atoms with van der Waals surface area (Å²) in [6.07, 6.45) is 22.0. The number of hydrogen-bond donors (Lipinski definition) is 0. The Morgan fingerprint density at radius 3 is 1.69 bits per heavy atom. The van der Waals surface area contributed by atoms with Gasteiger partial charge in [0.05, 0.1) is 0 Å². The highest BCUT2D eigenvalue weighted by atomic mass is 35.5. The maximum atomic E-state index is 3.85. The molecular weight excluding hydrogens is 340 g/mol. The Morgan fingerprint density at radius 2 is 1.23 bits per heavy atom. The molecule has 0 aliphatic heterocycles. The third-order valence-electron chi connectivity index (χ3n) is 4.39. The molecule has 0 spiro atoms. The van der Waals surface area contributed by atoms with Gasteiger partial charge in [0.2, 0.25) is 0 Å². The van der Waals surface area contributed by atoms with Crippen molar-refractivity contribution in [3.8, 4) is 0 Å². The first-order valence-corrected chi connectivity index (χ1v) is 10.1. The number of aromatic nitrogens is 2. The van der Waals surface area contributed by atoms with Crippen molar-refractivity contribution in [2.24, 2.45) is 0 Å². The fraction of sp³-hybridized carbons (Fsp3) is 0.565. The van der Waals surface area contributed by atoms with Crippen LogP contribution < -0.4 is 4.57 Å². The molecule has 0 unspecified atom stereocenters. The lowest BCUT2D eigenvalue weighted by Crippen LogP contribution is -2.32. The largest absolute Gasteiger partial charge is 0.265 e. The predicted molar refractivity (Wildman–Crippen MR) is 115 cm³/mol. The summed E-state index contributed by atoms with van der Waals surface area (Å²) in [5.74, 6) is 0. The van der Waals surface area contributed by atoms with Crippen molar-refractivity contribution in [2.75, 3.05) is 0 Å². The van der Waals surface area contributed by atoms with Crippen LogP contribution in [-0.2, 0) is 6.54 Å². The summed E-state index contributed by atoms with van der Waals surface area (Å²) in [5, 5.41) is 0. The summed E-state index contributed by atoms with van der Waals surface area (Å²) < 4.78 is 2.28. The molecule has 26 heavy (non-hydrogen) atoms. The molecule has 0 radical (unpaired) electrons. The van der Waals surface area contributed by atoms with Crippen molar-refractivity contribution >= 4 is 12.4 Å². The summed E-state index contributed by atoms with van der Waals surface area (Å²) in [7, 11) is 0. The lowest BCUT2D eigenvalue weighted by Gasteiger charge is -2.01. The van der Waals surface area contributed by atoms with E-state index < -0.39 is 0 Å². The van der Waals surface area contributed by atoms with Crippen molar-refractivity contribution in [1.29, 1.82) is 0 Å². The Hall–Kier alpha value is -1.41. The Kier molecular flexibility index (Phi) is 17.4. The van der Waals surface area contributed by atoms with Crippen LogP contribution in [-0.4, -0.2) is 4.98 Å². The molecule has 2 aromatic rings. The van der Waals surface area contributed by atoms with Gasteiger partial charge in [-0.15, -0.1) is 12.4 Å². The van der Waals surface area contributed by atoms with Gasteiger partial charge in [0.1, 0.15) is 6.54 Å². The molecule has 2 rings (SSSR count). The van der Waals surface area contributed by atoms with Crippen molar-refractivity contribution in [3.63, 3.8) is 0 Å². The third kappa shape index (κ3) is 14.9. The first-order chi connectivity index (χ1) is 12.3. The van der Waals surface area contributed by atoms with E-state index in [1.165, 1.54) is 76.3 Å². The average Bonchev–Trinajstić information content (AvgIpc) is 2.65. The number of hydrogen-bond acceptors (Lipinski definition) is 1. The highest BCUT2D eigenvalue weighted by Gasteiger charge is 1.97. The molecule has 146 valence electrons. The van der Waals surface area contributed by atoms with E-state index in [-0.39, 0.29) is 12.4 Å². The Balaban J connectivity index is 0.000000655. The summed E-state index contributed by atoms with van der Waals surface area (Å²) in [6.45, 7) is 5.50. The van der Waals surface area contributed by atoms with E-state index in [0.717, 1.165) is 0 Å². The first-order valence-electron chi connectivity index (χ1n) is 10.1. The van der Waals surface area contributed by atoms with Crippen molar-refractivity contribution in [3.05, 3.63) is 60.7 Å². The monoisotopic (exact) mass is 377 g/mol. The molecule has 0 fully saturated rings. The average molecular weight is 378 g/mol. The second kappa shape index (κ2) is 18.4. The number of rotatable bonds is 11. The van der Waals surface area contributed by atoms with Crippen LogP contribution in [0, 0.1) is 6.92 Å². The van der Waals surface area contributed by atoms with Crippen LogP contribution in [0.5, 0.6) is 0 Å². The second-order valence-electron chi connectivity index (χ2n) is 6.82. The van der Waals surface area contributed by atoms with Gasteiger partial charge >= 0.3 is 0 Å². The summed E-state index contributed by atoms with van der Waals surface area (Å²) in [4.78, 5) is 3.85. The van der Waals surface area contributed by atoms with Crippen molar-refractivity contribution in [2.45, 2.75) is 84.6 Å². The van der Waals surface area contributed by atoms with Gasteiger partial charge in [-0.2, -0.15) is 0 Å². The zero-order valence-electron chi connectivity index (χ0n) is 16.8. The molecule has 0 aliphatic rings. The highest BCUT2D eigenvalue weighted by molar-refractivity contribution is 5.85. The Morgan fingerprint density at radius 1 is 0.731 bits per heavy atom. The van der Waals surface area contributed by atoms with Crippen molar-refractivity contribution in [1.82, 2.24) is 4.98 Å². The lowest BCUT2D eigenvalue weighted by molar-refractivity contribution is -0.697. The minimum atomic E-state index is 0. The van der Waals surface area contributed by atoms with Crippen LogP contribution in [0.4, 0.5) is 0 Å². The summed E-state index contributed by atoms with van der Waals surface area (Å²) in [6, 6.07) is 10.2. The minimum absolute atomic E-state index is 0. The molecule has 0 saturated carbocycles. The van der Waals surface area contributed by atoms with Crippen LogP contribution in [0.3, 0.4) is 0 Å². The van der Waals surface area contributed by atoms with Gasteiger partial charge in [-0.05, 0) is 31.0 Å². The fourth-order valence-electron chi connectivity index (χ4n) is 2.79. The second-order valence-corrected chi connectivity index (χ2v) is 6.82. The number of pyridine rings is 2. The molecule has 0 saturated heterocycles. The predicted octanol–water partition coefficient (Wildman–Crippen LogP) is 6.71. The van der Waals surface area contributed by atoms with E-state index >= 15 is 0 Å². The molecule has 0 aliphatic carbocycles. The number of nitrogens with zero attached hydrogens (tertiary/aromatic N) is 2. The van der Waals surface area contributed by atoms with Crippen LogP contribution in [0.1, 0.15) is 76.7 Å². The number of halogens is 1. The zero-order chi connectivity index (χ0) is 18.0. The molecular formula is C23H38ClN2+. The van der Waals surface area contributed by atoms with Gasteiger partial charge in [0.15, 0.2) is 12.4 Å². The SMILES string of the molecule is CCCCCCCCCCCC[n+]1ccccc1.Cc1ccncc1.Cl. The van der Waals surface area contributed by atoms with Crippen LogP contribution in [0.2, 0.25) is 0 Å². The molecule has 2 heterocycles. The molecule has 0 amide bonds. The maximum absolute atomic E-state index is 3.85. The molecule has 0 bridgehead atoms. The van der Waals surface area contributed by atoms with E-state index in [9.17, 15) is 0 Å². The van der Waals surface area contributed by atoms with Crippen molar-refractivity contribution < 1.29 is 4.57 Å². The van der Waals surface area contributed by atoms with E-state index in [4.69, 9.17) is 0 Å². The molecule has 0 atom stereocenters. The molecule has 2 nitrogen and oxygen atoms in total. The quantitative estimate of drug-likeness (QED) is 0.314. The molecule has 0 N–H and O–H groups in total. The maximum Gasteiger partial charge on any atom is 0.168 e. The summed E-state index contributed by atoms with van der Waals surface area (Å²) >= 11 is 0. The minimum Gasteiger partial charge on any atom is -0.265 e. The third-order valence-corrected chi connectivity index (χ3v) is 4.39. The fourth-order valence-corrected chi connectivity index (χ4v) is 2.79. The van der Waals surface area contributed by atoms with Gasteiger partial charge in [0.25, 0.3) is 0 Å². The van der Waals surface area contributed by atoms with Crippen LogP contribution >= 0.6 is 12.4 Å². The summed E-state index contributed by atoms with van der Waals surface area (Å²) in [5.41, 5.74) is 1.26. The van der Waals surface area contributed by atoms with Gasteiger partial charge in [-0.25, -0.2) is 4.57 Å². The van der Waals surface area contributed by atoms with Crippen LogP contribution in [0.25, 0.3) is 0 Å². The molecule has 2 aromatic heterocycles. The van der Waals surface area contributed by atoms with Gasteiger partial charge < -0.3 is 0 Å². The topological polar surface area (TPSA) is 16.8 Å². The van der Waals surface area contributed by atoms with Gasteiger partial charge in [0, 0.05) is 30.9 Å². The van der Waals surface area contributed by atoms with E-state index in [2.05, 4.69) is 47.1 Å². The molecule has 3 heteroatoms. The first kappa shape index (κ1) is 24.6. The van der Waals surface area contributed by atoms with Crippen LogP contribution in [0.15, 0.2) is 55.1 Å².